The first-order valence-electron chi connectivity index (χ1n) is 11.6. The number of rotatable bonds is 8. The highest BCUT2D eigenvalue weighted by molar-refractivity contribution is 6.30. The molecule has 2 aromatic carbocycles. The fraction of sp³-hybridized carbons (Fsp3) is 0.500. The predicted molar refractivity (Wildman–Crippen MR) is 130 cm³/mol. The van der Waals surface area contributed by atoms with Gasteiger partial charge < -0.3 is 15.0 Å². The number of nitrogens with zero attached hydrogens (tertiary/aromatic N) is 2. The zero-order valence-corrected chi connectivity index (χ0v) is 20.3. The maximum absolute atomic E-state index is 13.0. The molecule has 0 radical (unpaired) electrons. The van der Waals surface area contributed by atoms with Crippen molar-refractivity contribution in [2.24, 2.45) is 0 Å². The van der Waals surface area contributed by atoms with Crippen molar-refractivity contribution in [1.29, 1.82) is 0 Å². The Labute approximate surface area is 196 Å². The summed E-state index contributed by atoms with van der Waals surface area (Å²) < 4.78 is 6.01. The highest BCUT2D eigenvalue weighted by Gasteiger charge is 2.47. The number of hydrogen-bond acceptors (Lipinski definition) is 4. The van der Waals surface area contributed by atoms with Crippen LogP contribution >= 0.6 is 11.6 Å². The van der Waals surface area contributed by atoms with Crippen molar-refractivity contribution in [3.63, 3.8) is 0 Å². The van der Waals surface area contributed by atoms with Gasteiger partial charge in [-0.05, 0) is 94.2 Å². The van der Waals surface area contributed by atoms with Gasteiger partial charge in [0.25, 0.3) is 5.91 Å². The fourth-order valence-electron chi connectivity index (χ4n) is 5.21. The molecule has 1 amide bonds. The second-order valence-electron chi connectivity index (χ2n) is 9.09. The Balaban J connectivity index is 1.41. The Kier molecular flexibility index (Phi) is 7.08. The first kappa shape index (κ1) is 23.1. The molecule has 6 heteroatoms. The van der Waals surface area contributed by atoms with E-state index < -0.39 is 0 Å². The summed E-state index contributed by atoms with van der Waals surface area (Å²) in [6.45, 7) is 10.0. The summed E-state index contributed by atoms with van der Waals surface area (Å²) in [4.78, 5) is 17.6. The summed E-state index contributed by atoms with van der Waals surface area (Å²) in [7, 11) is 1.96. The molecule has 2 saturated heterocycles. The Morgan fingerprint density at radius 3 is 2.53 bits per heavy atom. The highest BCUT2D eigenvalue weighted by Crippen LogP contribution is 2.39. The van der Waals surface area contributed by atoms with E-state index in [0.717, 1.165) is 50.4 Å². The maximum atomic E-state index is 13.0. The molecule has 3 atom stereocenters. The van der Waals surface area contributed by atoms with Gasteiger partial charge in [-0.25, -0.2) is 0 Å². The molecule has 4 rings (SSSR count). The average molecular weight is 456 g/mol. The number of ether oxygens (including phenoxy) is 1. The van der Waals surface area contributed by atoms with Crippen LogP contribution < -0.4 is 10.1 Å². The quantitative estimate of drug-likeness (QED) is 0.590. The zero-order chi connectivity index (χ0) is 22.8. The Bertz CT molecular complexity index is 962. The lowest BCUT2D eigenvalue weighted by molar-refractivity contribution is 0.0569. The van der Waals surface area contributed by atoms with E-state index in [2.05, 4.69) is 48.0 Å². The number of carbonyl (C=O) groups excluding carboxylic acids is 1. The van der Waals surface area contributed by atoms with Crippen molar-refractivity contribution >= 4 is 17.5 Å². The zero-order valence-electron chi connectivity index (χ0n) is 19.5. The van der Waals surface area contributed by atoms with Crippen LogP contribution in [0, 0.1) is 13.8 Å². The molecule has 0 aliphatic carbocycles. The van der Waals surface area contributed by atoms with E-state index in [1.807, 2.05) is 19.2 Å². The van der Waals surface area contributed by atoms with E-state index in [4.69, 9.17) is 16.3 Å². The molecule has 32 heavy (non-hydrogen) atoms. The lowest BCUT2D eigenvalue weighted by Crippen LogP contribution is -2.49. The van der Waals surface area contributed by atoms with Gasteiger partial charge in [0, 0.05) is 41.8 Å². The third-order valence-corrected chi connectivity index (χ3v) is 7.44. The Morgan fingerprint density at radius 2 is 1.88 bits per heavy atom. The Morgan fingerprint density at radius 1 is 1.12 bits per heavy atom. The van der Waals surface area contributed by atoms with Gasteiger partial charge in [-0.15, -0.1) is 0 Å². The molecule has 0 aromatic heterocycles. The molecule has 2 aliphatic rings. The SMILES string of the molecule is CNCCCOc1ccc([C@H](C)N2C[C@@H]3C[C@H]2CN3C(=O)c2ccc(Cl)cc2)c(C)c1C. The lowest BCUT2D eigenvalue weighted by Gasteiger charge is -2.38. The van der Waals surface area contributed by atoms with Crippen molar-refractivity contribution in [2.75, 3.05) is 33.3 Å². The molecule has 1 N–H and O–H groups in total. The topological polar surface area (TPSA) is 44.8 Å². The number of piperazine rings is 1. The molecule has 2 aromatic rings. The third-order valence-electron chi connectivity index (χ3n) is 7.19. The molecule has 0 saturated carbocycles. The van der Waals surface area contributed by atoms with Crippen LogP contribution in [0.2, 0.25) is 5.02 Å². The van der Waals surface area contributed by atoms with Crippen LogP contribution in [0.25, 0.3) is 0 Å². The van der Waals surface area contributed by atoms with Gasteiger partial charge in [0.15, 0.2) is 0 Å². The molecule has 172 valence electrons. The predicted octanol–water partition coefficient (Wildman–Crippen LogP) is 4.61. The molecule has 2 aliphatic heterocycles. The molecular formula is C26H34ClN3O2. The summed E-state index contributed by atoms with van der Waals surface area (Å²) >= 11 is 5.98. The third kappa shape index (κ3) is 4.52. The Hall–Kier alpha value is -2.08. The second kappa shape index (κ2) is 9.82. The lowest BCUT2D eigenvalue weighted by atomic mass is 9.96. The maximum Gasteiger partial charge on any atom is 0.254 e. The molecule has 2 heterocycles. The van der Waals surface area contributed by atoms with E-state index in [1.165, 1.54) is 16.7 Å². The minimum atomic E-state index is 0.119. The molecule has 5 nitrogen and oxygen atoms in total. The van der Waals surface area contributed by atoms with E-state index >= 15 is 0 Å². The number of benzene rings is 2. The number of likely N-dealkylation sites (tertiary alicyclic amines) is 2. The van der Waals surface area contributed by atoms with Crippen LogP contribution in [-0.4, -0.2) is 61.1 Å². The van der Waals surface area contributed by atoms with Gasteiger partial charge in [-0.1, -0.05) is 17.7 Å². The van der Waals surface area contributed by atoms with Gasteiger partial charge in [0.05, 0.1) is 6.61 Å². The molecule has 2 bridgehead atoms. The number of fused-ring (bicyclic) bond motifs is 2. The molecular weight excluding hydrogens is 422 g/mol. The van der Waals surface area contributed by atoms with Gasteiger partial charge in [-0.2, -0.15) is 0 Å². The van der Waals surface area contributed by atoms with Crippen molar-refractivity contribution < 1.29 is 9.53 Å². The number of nitrogens with one attached hydrogen (secondary N) is 1. The summed E-state index contributed by atoms with van der Waals surface area (Å²) in [5.74, 6) is 1.10. The van der Waals surface area contributed by atoms with Crippen molar-refractivity contribution in [3.8, 4) is 5.75 Å². The van der Waals surface area contributed by atoms with Gasteiger partial charge in [-0.3, -0.25) is 9.69 Å². The summed E-state index contributed by atoms with van der Waals surface area (Å²) in [5, 5.41) is 3.81. The van der Waals surface area contributed by atoms with Crippen LogP contribution in [0.5, 0.6) is 5.75 Å². The van der Waals surface area contributed by atoms with Crippen LogP contribution in [0.3, 0.4) is 0 Å². The van der Waals surface area contributed by atoms with Gasteiger partial charge in [0.2, 0.25) is 0 Å². The smallest absolute Gasteiger partial charge is 0.254 e. The van der Waals surface area contributed by atoms with Crippen LogP contribution in [0.15, 0.2) is 36.4 Å². The number of amides is 1. The second-order valence-corrected chi connectivity index (χ2v) is 9.53. The first-order valence-corrected chi connectivity index (χ1v) is 12.0. The minimum absolute atomic E-state index is 0.119. The van der Waals surface area contributed by atoms with Crippen LogP contribution in [-0.2, 0) is 0 Å². The number of hydrogen-bond donors (Lipinski definition) is 1. The van der Waals surface area contributed by atoms with Crippen molar-refractivity contribution in [3.05, 3.63) is 63.7 Å². The van der Waals surface area contributed by atoms with E-state index in [-0.39, 0.29) is 11.9 Å². The summed E-state index contributed by atoms with van der Waals surface area (Å²) in [5.41, 5.74) is 4.61. The van der Waals surface area contributed by atoms with Crippen LogP contribution in [0.4, 0.5) is 0 Å². The first-order chi connectivity index (χ1) is 15.4. The molecule has 0 unspecified atom stereocenters. The normalized spacial score (nSPS) is 21.2. The largest absolute Gasteiger partial charge is 0.493 e. The van der Waals surface area contributed by atoms with E-state index in [1.54, 1.807) is 12.1 Å². The number of halogens is 1. The van der Waals surface area contributed by atoms with Crippen molar-refractivity contribution in [2.45, 2.75) is 51.7 Å². The van der Waals surface area contributed by atoms with Gasteiger partial charge >= 0.3 is 0 Å². The fourth-order valence-corrected chi connectivity index (χ4v) is 5.34. The molecule has 2 fully saturated rings. The highest BCUT2D eigenvalue weighted by atomic mass is 35.5. The summed E-state index contributed by atoms with van der Waals surface area (Å²) in [6.07, 6.45) is 2.05. The van der Waals surface area contributed by atoms with Crippen molar-refractivity contribution in [1.82, 2.24) is 15.1 Å². The monoisotopic (exact) mass is 455 g/mol. The standard InChI is InChI=1S/C26H34ClN3O2/c1-17-18(2)25(32-13-5-12-28-4)11-10-24(17)19(3)29-15-23-14-22(29)16-30(23)26(31)20-6-8-21(27)9-7-20/h6-11,19,22-23,28H,5,12-16H2,1-4H3/t19-,22-,23-/m0/s1. The van der Waals surface area contributed by atoms with Gasteiger partial charge in [0.1, 0.15) is 5.75 Å². The minimum Gasteiger partial charge on any atom is -0.493 e. The van der Waals surface area contributed by atoms with E-state index in [0.29, 0.717) is 17.1 Å². The number of carbonyl (C=O) groups is 1. The van der Waals surface area contributed by atoms with Crippen LogP contribution in [0.1, 0.15) is 52.9 Å². The molecule has 0 spiro atoms. The van der Waals surface area contributed by atoms with E-state index in [9.17, 15) is 4.79 Å². The summed E-state index contributed by atoms with van der Waals surface area (Å²) in [6, 6.07) is 12.6. The average Bonchev–Trinajstić information content (AvgIpc) is 3.40.